The maximum Gasteiger partial charge on any atom is 0.268 e. The van der Waals surface area contributed by atoms with E-state index < -0.39 is 15.7 Å². The van der Waals surface area contributed by atoms with Crippen molar-refractivity contribution in [3.8, 4) is 29.1 Å². The van der Waals surface area contributed by atoms with E-state index >= 15 is 0 Å². The second-order valence-corrected chi connectivity index (χ2v) is 10.7. The molecule has 37 heavy (non-hydrogen) atoms. The van der Waals surface area contributed by atoms with Gasteiger partial charge in [0, 0.05) is 6.26 Å². The summed E-state index contributed by atoms with van der Waals surface area (Å²) in [5.74, 6) is 0.915. The minimum atomic E-state index is -3.57. The summed E-state index contributed by atoms with van der Waals surface area (Å²) in [5.41, 5.74) is 1.25. The Morgan fingerprint density at radius 1 is 1.11 bits per heavy atom. The molecule has 0 spiro atoms. The Morgan fingerprint density at radius 2 is 1.78 bits per heavy atom. The molecule has 0 atom stereocenters. The van der Waals surface area contributed by atoms with Gasteiger partial charge in [0.2, 0.25) is 25.1 Å². The molecule has 0 aliphatic heterocycles. The molecule has 0 bridgehead atoms. The first-order chi connectivity index (χ1) is 17.6. The third kappa shape index (κ3) is 7.42. The van der Waals surface area contributed by atoms with Crippen LogP contribution < -0.4 is 24.3 Å². The van der Waals surface area contributed by atoms with Gasteiger partial charge in [-0.2, -0.15) is 5.26 Å². The van der Waals surface area contributed by atoms with Crippen molar-refractivity contribution in [2.24, 2.45) is 0 Å². The van der Waals surface area contributed by atoms with Crippen LogP contribution in [0.25, 0.3) is 6.08 Å². The summed E-state index contributed by atoms with van der Waals surface area (Å²) in [6.07, 6.45) is 2.30. The van der Waals surface area contributed by atoms with Crippen LogP contribution in [0.5, 0.6) is 23.0 Å². The molecule has 2 aromatic carbocycles. The van der Waals surface area contributed by atoms with Gasteiger partial charge in [0.25, 0.3) is 5.91 Å². The van der Waals surface area contributed by atoms with Gasteiger partial charge in [0.15, 0.2) is 11.5 Å². The molecule has 0 unspecified atom stereocenters. The Labute approximate surface area is 218 Å². The Balaban J connectivity index is 1.75. The van der Waals surface area contributed by atoms with E-state index in [4.69, 9.17) is 18.9 Å². The number of hydrogen-bond donors (Lipinski definition) is 1. The Morgan fingerprint density at radius 3 is 2.35 bits per heavy atom. The monoisotopic (exact) mass is 544 g/mol. The van der Waals surface area contributed by atoms with Crippen LogP contribution in [0.15, 0.2) is 46.3 Å². The van der Waals surface area contributed by atoms with Crippen molar-refractivity contribution in [2.75, 3.05) is 39.0 Å². The highest BCUT2D eigenvalue weighted by atomic mass is 32.2. The van der Waals surface area contributed by atoms with Crippen LogP contribution in [0, 0.1) is 18.3 Å². The number of rotatable bonds is 11. The maximum absolute atomic E-state index is 12.6. The van der Waals surface area contributed by atoms with E-state index in [9.17, 15) is 18.5 Å². The minimum absolute atomic E-state index is 0.0571. The third-order valence-electron chi connectivity index (χ3n) is 4.69. The number of amides is 1. The number of methoxy groups -OCH3 is 2. The molecule has 11 nitrogen and oxygen atoms in total. The van der Waals surface area contributed by atoms with E-state index in [0.29, 0.717) is 34.1 Å². The molecule has 0 saturated heterocycles. The SMILES string of the molecule is COc1cc(/C=C(/C#N)C(=O)Nc2nnc(S(C)(=O)=O)s2)cc(OC)c1OCCOc1cccc(C)c1. The predicted octanol–water partition coefficient (Wildman–Crippen LogP) is 3.27. The normalized spacial score (nSPS) is 11.4. The summed E-state index contributed by atoms with van der Waals surface area (Å²) in [5, 5.41) is 19.0. The average Bonchev–Trinajstić information content (AvgIpc) is 3.34. The molecule has 13 heteroatoms. The zero-order valence-corrected chi connectivity index (χ0v) is 22.1. The van der Waals surface area contributed by atoms with Gasteiger partial charge in [0.1, 0.15) is 30.6 Å². The van der Waals surface area contributed by atoms with Crippen LogP contribution in [0.1, 0.15) is 11.1 Å². The van der Waals surface area contributed by atoms with Crippen LogP contribution in [0.2, 0.25) is 0 Å². The smallest absolute Gasteiger partial charge is 0.268 e. The molecule has 0 fully saturated rings. The van der Waals surface area contributed by atoms with E-state index in [1.165, 1.54) is 20.3 Å². The molecular weight excluding hydrogens is 520 g/mol. The van der Waals surface area contributed by atoms with Crippen molar-refractivity contribution in [3.05, 3.63) is 53.1 Å². The first-order valence-corrected chi connectivity index (χ1v) is 13.4. The standard InChI is InChI=1S/C24H24N4O7S2/c1-15-6-5-7-18(10-15)34-8-9-35-21-19(32-2)12-16(13-20(21)33-3)11-17(14-25)22(29)26-23-27-28-24(36-23)37(4,30)31/h5-7,10-13H,8-9H2,1-4H3,(H,26,27,29)/b17-11-. The summed E-state index contributed by atoms with van der Waals surface area (Å²) >= 11 is 0.679. The molecule has 1 aromatic heterocycles. The van der Waals surface area contributed by atoms with Crippen molar-refractivity contribution < 1.29 is 32.2 Å². The zero-order chi connectivity index (χ0) is 27.0. The number of benzene rings is 2. The second-order valence-electron chi connectivity index (χ2n) is 7.54. The highest BCUT2D eigenvalue weighted by Gasteiger charge is 2.19. The Bertz CT molecular complexity index is 1430. The number of ether oxygens (including phenoxy) is 4. The first kappa shape index (κ1) is 27.4. The number of anilines is 1. The van der Waals surface area contributed by atoms with Crippen LogP contribution in [0.3, 0.4) is 0 Å². The summed E-state index contributed by atoms with van der Waals surface area (Å²) in [7, 11) is -0.671. The number of nitrogens with zero attached hydrogens (tertiary/aromatic N) is 3. The van der Waals surface area contributed by atoms with Crippen LogP contribution in [0.4, 0.5) is 5.13 Å². The first-order valence-electron chi connectivity index (χ1n) is 10.7. The van der Waals surface area contributed by atoms with Crippen LogP contribution in [-0.4, -0.2) is 58.2 Å². The van der Waals surface area contributed by atoms with E-state index in [0.717, 1.165) is 17.6 Å². The fourth-order valence-electron chi connectivity index (χ4n) is 3.02. The van der Waals surface area contributed by atoms with Gasteiger partial charge in [-0.1, -0.05) is 23.5 Å². The lowest BCUT2D eigenvalue weighted by Gasteiger charge is -2.16. The number of carbonyl (C=O) groups is 1. The number of aryl methyl sites for hydroxylation is 1. The molecule has 0 saturated carbocycles. The van der Waals surface area contributed by atoms with Crippen LogP contribution >= 0.6 is 11.3 Å². The molecule has 1 amide bonds. The predicted molar refractivity (Wildman–Crippen MR) is 137 cm³/mol. The summed E-state index contributed by atoms with van der Waals surface area (Å²) in [4.78, 5) is 12.6. The lowest BCUT2D eigenvalue weighted by atomic mass is 10.1. The highest BCUT2D eigenvalue weighted by molar-refractivity contribution is 7.92. The molecule has 194 valence electrons. The molecule has 3 aromatic rings. The summed E-state index contributed by atoms with van der Waals surface area (Å²) in [6.45, 7) is 2.46. The van der Waals surface area contributed by atoms with Crippen LogP contribution in [-0.2, 0) is 14.6 Å². The van der Waals surface area contributed by atoms with E-state index in [2.05, 4.69) is 15.5 Å². The lowest BCUT2D eigenvalue weighted by molar-refractivity contribution is -0.112. The Hall–Kier alpha value is -4.15. The number of sulfone groups is 1. The number of nitriles is 1. The van der Waals surface area contributed by atoms with Crippen molar-refractivity contribution in [2.45, 2.75) is 11.3 Å². The molecule has 0 radical (unpaired) electrons. The van der Waals surface area contributed by atoms with E-state index in [1.807, 2.05) is 37.3 Å². The number of hydrogen-bond acceptors (Lipinski definition) is 11. The van der Waals surface area contributed by atoms with Gasteiger partial charge in [-0.15, -0.1) is 10.2 Å². The number of aromatic nitrogens is 2. The molecule has 1 heterocycles. The van der Waals surface area contributed by atoms with Gasteiger partial charge in [-0.25, -0.2) is 8.42 Å². The van der Waals surface area contributed by atoms with Crippen molar-refractivity contribution >= 4 is 38.3 Å². The van der Waals surface area contributed by atoms with Gasteiger partial charge >= 0.3 is 0 Å². The summed E-state index contributed by atoms with van der Waals surface area (Å²) in [6, 6.07) is 12.6. The van der Waals surface area contributed by atoms with Crippen molar-refractivity contribution in [3.63, 3.8) is 0 Å². The summed E-state index contributed by atoms with van der Waals surface area (Å²) < 4.78 is 45.3. The van der Waals surface area contributed by atoms with Gasteiger partial charge in [-0.05, 0) is 48.4 Å². The number of carbonyl (C=O) groups excluding carboxylic acids is 1. The molecule has 3 rings (SSSR count). The molecule has 0 aliphatic rings. The molecular formula is C24H24N4O7S2. The van der Waals surface area contributed by atoms with E-state index in [-0.39, 0.29) is 28.3 Å². The Kier molecular flexibility index (Phi) is 9.05. The molecule has 1 N–H and O–H groups in total. The molecule has 0 aliphatic carbocycles. The van der Waals surface area contributed by atoms with Gasteiger partial charge < -0.3 is 18.9 Å². The van der Waals surface area contributed by atoms with Crippen molar-refractivity contribution in [1.82, 2.24) is 10.2 Å². The van der Waals surface area contributed by atoms with E-state index in [1.54, 1.807) is 12.1 Å². The zero-order valence-electron chi connectivity index (χ0n) is 20.5. The average molecular weight is 545 g/mol. The number of nitrogens with one attached hydrogen (secondary N) is 1. The third-order valence-corrected chi connectivity index (χ3v) is 7.20. The maximum atomic E-state index is 12.6. The quantitative estimate of drug-likeness (QED) is 0.165. The minimum Gasteiger partial charge on any atom is -0.493 e. The largest absolute Gasteiger partial charge is 0.493 e. The topological polar surface area (TPSA) is 150 Å². The van der Waals surface area contributed by atoms with Crippen molar-refractivity contribution in [1.29, 1.82) is 5.26 Å². The second kappa shape index (κ2) is 12.2. The highest BCUT2D eigenvalue weighted by Crippen LogP contribution is 2.39. The fraction of sp³-hybridized carbons (Fsp3) is 0.250. The van der Waals surface area contributed by atoms with Gasteiger partial charge in [-0.3, -0.25) is 10.1 Å². The lowest BCUT2D eigenvalue weighted by Crippen LogP contribution is -2.13. The fourth-order valence-corrected chi connectivity index (χ4v) is 4.53. The van der Waals surface area contributed by atoms with Gasteiger partial charge in [0.05, 0.1) is 14.2 Å².